The molecule has 1 aromatic carbocycles. The fraction of sp³-hybridized carbons (Fsp3) is 0.333. The lowest BCUT2D eigenvalue weighted by Crippen LogP contribution is -2.07. The van der Waals surface area contributed by atoms with E-state index in [2.05, 4.69) is 36.8 Å². The molecule has 0 saturated heterocycles. The van der Waals surface area contributed by atoms with E-state index >= 15 is 0 Å². The summed E-state index contributed by atoms with van der Waals surface area (Å²) in [6, 6.07) is 7.89. The smallest absolute Gasteiger partial charge is 0.169 e. The molecule has 4 nitrogen and oxygen atoms in total. The SMILES string of the molecule is CCC[C@@H]1N=C(c2ccc(Cl)cc2)c2c(cn(C)c2C)-c2c(C)noc21. The lowest BCUT2D eigenvalue weighted by Gasteiger charge is -2.12. The van der Waals surface area contributed by atoms with Crippen molar-refractivity contribution >= 4 is 17.3 Å². The highest BCUT2D eigenvalue weighted by molar-refractivity contribution is 6.30. The zero-order valence-corrected chi connectivity index (χ0v) is 16.3. The van der Waals surface area contributed by atoms with Gasteiger partial charge in [-0.2, -0.15) is 0 Å². The summed E-state index contributed by atoms with van der Waals surface area (Å²) in [4.78, 5) is 5.16. The third kappa shape index (κ3) is 2.60. The monoisotopic (exact) mass is 367 g/mol. The lowest BCUT2D eigenvalue weighted by molar-refractivity contribution is 0.353. The van der Waals surface area contributed by atoms with Gasteiger partial charge in [-0.3, -0.25) is 4.99 Å². The maximum atomic E-state index is 6.11. The van der Waals surface area contributed by atoms with Crippen LogP contribution in [0.15, 0.2) is 40.0 Å². The average molecular weight is 368 g/mol. The summed E-state index contributed by atoms with van der Waals surface area (Å²) >= 11 is 6.11. The standard InChI is InChI=1S/C21H22ClN3O/c1-5-6-17-21-18(12(2)24-26-21)16-11-25(4)13(3)19(16)20(23-17)14-7-9-15(22)10-8-14/h7-11,17H,5-6H2,1-4H3/t17-/m0/s1. The zero-order valence-electron chi connectivity index (χ0n) is 15.5. The second-order valence-corrected chi connectivity index (χ2v) is 7.35. The van der Waals surface area contributed by atoms with Crippen LogP contribution in [0.3, 0.4) is 0 Å². The third-order valence-corrected chi connectivity index (χ3v) is 5.40. The molecule has 2 aromatic heterocycles. The quantitative estimate of drug-likeness (QED) is 0.601. The predicted octanol–water partition coefficient (Wildman–Crippen LogP) is 5.64. The van der Waals surface area contributed by atoms with Crippen LogP contribution in [0.4, 0.5) is 0 Å². The van der Waals surface area contributed by atoms with E-state index < -0.39 is 0 Å². The van der Waals surface area contributed by atoms with E-state index in [-0.39, 0.29) is 6.04 Å². The van der Waals surface area contributed by atoms with Crippen molar-refractivity contribution in [1.82, 2.24) is 9.72 Å². The van der Waals surface area contributed by atoms with Gasteiger partial charge in [0.1, 0.15) is 6.04 Å². The molecule has 0 aliphatic carbocycles. The Balaban J connectivity index is 2.03. The maximum absolute atomic E-state index is 6.11. The van der Waals surface area contributed by atoms with Crippen LogP contribution >= 0.6 is 11.6 Å². The first-order valence-electron chi connectivity index (χ1n) is 8.97. The van der Waals surface area contributed by atoms with E-state index in [1.54, 1.807) is 0 Å². The molecule has 0 amide bonds. The molecule has 0 saturated carbocycles. The molecule has 4 rings (SSSR count). The van der Waals surface area contributed by atoms with Crippen LogP contribution in [0.5, 0.6) is 0 Å². The van der Waals surface area contributed by atoms with Crippen LogP contribution < -0.4 is 0 Å². The molecule has 1 aliphatic rings. The van der Waals surface area contributed by atoms with Crippen LogP contribution in [0.2, 0.25) is 5.02 Å². The lowest BCUT2D eigenvalue weighted by atomic mass is 9.95. The van der Waals surface area contributed by atoms with Gasteiger partial charge in [0.25, 0.3) is 0 Å². The molecule has 26 heavy (non-hydrogen) atoms. The highest BCUT2D eigenvalue weighted by atomic mass is 35.5. The van der Waals surface area contributed by atoms with Crippen LogP contribution in [0.1, 0.15) is 54.1 Å². The molecule has 3 heterocycles. The normalized spacial score (nSPS) is 16.0. The Bertz CT molecular complexity index is 995. The van der Waals surface area contributed by atoms with Crippen molar-refractivity contribution in [1.29, 1.82) is 0 Å². The molecule has 3 aromatic rings. The van der Waals surface area contributed by atoms with Gasteiger partial charge in [0.05, 0.1) is 17.0 Å². The minimum atomic E-state index is -0.0287. The van der Waals surface area contributed by atoms with Crippen molar-refractivity contribution in [3.63, 3.8) is 0 Å². The second kappa shape index (κ2) is 6.44. The largest absolute Gasteiger partial charge is 0.358 e. The van der Waals surface area contributed by atoms with Crippen LogP contribution in [0, 0.1) is 13.8 Å². The number of nitrogens with zero attached hydrogens (tertiary/aromatic N) is 3. The maximum Gasteiger partial charge on any atom is 0.169 e. The molecular weight excluding hydrogens is 346 g/mol. The number of fused-ring (bicyclic) bond motifs is 3. The Kier molecular flexibility index (Phi) is 4.23. The van der Waals surface area contributed by atoms with Gasteiger partial charge >= 0.3 is 0 Å². The van der Waals surface area contributed by atoms with Crippen LogP contribution in [0.25, 0.3) is 11.1 Å². The van der Waals surface area contributed by atoms with Gasteiger partial charge in [0, 0.05) is 40.7 Å². The third-order valence-electron chi connectivity index (χ3n) is 5.15. The zero-order chi connectivity index (χ0) is 18.4. The molecule has 1 atom stereocenters. The summed E-state index contributed by atoms with van der Waals surface area (Å²) in [6.07, 6.45) is 4.11. The van der Waals surface area contributed by atoms with E-state index in [1.165, 1.54) is 5.69 Å². The highest BCUT2D eigenvalue weighted by Crippen LogP contribution is 2.42. The van der Waals surface area contributed by atoms with Gasteiger partial charge in [-0.1, -0.05) is 42.2 Å². The van der Waals surface area contributed by atoms with E-state index in [9.17, 15) is 0 Å². The van der Waals surface area contributed by atoms with Crippen molar-refractivity contribution in [2.45, 2.75) is 39.7 Å². The Morgan fingerprint density at radius 2 is 1.88 bits per heavy atom. The number of aromatic nitrogens is 2. The van der Waals surface area contributed by atoms with Gasteiger partial charge in [-0.25, -0.2) is 0 Å². The Morgan fingerprint density at radius 3 is 2.58 bits per heavy atom. The topological polar surface area (TPSA) is 43.3 Å². The number of benzene rings is 1. The molecular formula is C21H22ClN3O. The number of hydrogen-bond acceptors (Lipinski definition) is 3. The first-order chi connectivity index (χ1) is 12.5. The average Bonchev–Trinajstić information content (AvgIpc) is 3.09. The van der Waals surface area contributed by atoms with Gasteiger partial charge in [-0.05, 0) is 32.4 Å². The van der Waals surface area contributed by atoms with Crippen molar-refractivity contribution < 1.29 is 4.52 Å². The van der Waals surface area contributed by atoms with Gasteiger partial charge < -0.3 is 9.09 Å². The molecule has 0 fully saturated rings. The Hall–Kier alpha value is -2.33. The molecule has 5 heteroatoms. The summed E-state index contributed by atoms with van der Waals surface area (Å²) in [7, 11) is 2.06. The first kappa shape index (κ1) is 17.1. The van der Waals surface area contributed by atoms with Gasteiger partial charge in [0.15, 0.2) is 5.76 Å². The number of rotatable bonds is 3. The van der Waals surface area contributed by atoms with E-state index in [1.807, 2.05) is 31.2 Å². The minimum Gasteiger partial charge on any atom is -0.358 e. The fourth-order valence-electron chi connectivity index (χ4n) is 3.73. The summed E-state index contributed by atoms with van der Waals surface area (Å²) in [5.41, 5.74) is 7.56. The summed E-state index contributed by atoms with van der Waals surface area (Å²) in [5, 5.41) is 4.98. The van der Waals surface area contributed by atoms with Gasteiger partial charge in [0.2, 0.25) is 0 Å². The van der Waals surface area contributed by atoms with Crippen molar-refractivity contribution in [2.75, 3.05) is 0 Å². The summed E-state index contributed by atoms with van der Waals surface area (Å²) < 4.78 is 7.90. The molecule has 1 aliphatic heterocycles. The minimum absolute atomic E-state index is 0.0287. The van der Waals surface area contributed by atoms with Crippen molar-refractivity contribution in [3.05, 3.63) is 63.8 Å². The predicted molar refractivity (Wildman–Crippen MR) is 105 cm³/mol. The molecule has 0 radical (unpaired) electrons. The highest BCUT2D eigenvalue weighted by Gasteiger charge is 2.32. The first-order valence-corrected chi connectivity index (χ1v) is 9.35. The van der Waals surface area contributed by atoms with Crippen LogP contribution in [-0.2, 0) is 7.05 Å². The second-order valence-electron chi connectivity index (χ2n) is 6.91. The molecule has 0 bridgehead atoms. The fourth-order valence-corrected chi connectivity index (χ4v) is 3.86. The number of halogens is 1. The van der Waals surface area contributed by atoms with E-state index in [4.69, 9.17) is 21.1 Å². The van der Waals surface area contributed by atoms with Crippen LogP contribution in [-0.4, -0.2) is 15.4 Å². The Labute approximate surface area is 158 Å². The molecule has 0 unspecified atom stereocenters. The summed E-state index contributed by atoms with van der Waals surface area (Å²) in [6.45, 7) is 6.31. The molecule has 0 N–H and O–H groups in total. The van der Waals surface area contributed by atoms with Crippen molar-refractivity contribution in [3.8, 4) is 11.1 Å². The summed E-state index contributed by atoms with van der Waals surface area (Å²) in [5.74, 6) is 0.875. The van der Waals surface area contributed by atoms with E-state index in [0.717, 1.165) is 57.3 Å². The Morgan fingerprint density at radius 1 is 1.15 bits per heavy atom. The number of aliphatic imine (C=N–C) groups is 1. The molecule has 134 valence electrons. The molecule has 0 spiro atoms. The van der Waals surface area contributed by atoms with Gasteiger partial charge in [-0.15, -0.1) is 0 Å². The number of hydrogen-bond donors (Lipinski definition) is 0. The van der Waals surface area contributed by atoms with E-state index in [0.29, 0.717) is 0 Å². The van der Waals surface area contributed by atoms with Crippen molar-refractivity contribution in [2.24, 2.45) is 12.0 Å². The number of aryl methyl sites for hydroxylation is 2.